The minimum Gasteiger partial charge on any atom is -0.352 e. The second kappa shape index (κ2) is 7.51. The second-order valence-corrected chi connectivity index (χ2v) is 6.63. The first-order chi connectivity index (χ1) is 12.4. The van der Waals surface area contributed by atoms with Crippen molar-refractivity contribution in [1.29, 1.82) is 0 Å². The lowest BCUT2D eigenvalue weighted by Crippen LogP contribution is -2.43. The third-order valence-corrected chi connectivity index (χ3v) is 4.62. The molecular formula is C19H22N4O3. The zero-order chi connectivity index (χ0) is 18.7. The summed E-state index contributed by atoms with van der Waals surface area (Å²) in [5, 5.41) is 2.87. The number of rotatable bonds is 5. The Hall–Kier alpha value is -2.96. The van der Waals surface area contributed by atoms with Crippen LogP contribution in [0.15, 0.2) is 35.3 Å². The molecule has 1 saturated heterocycles. The number of hydrogen-bond donors (Lipinski definition) is 2. The maximum Gasteiger partial charge on any atom is 0.261 e. The molecular weight excluding hydrogens is 332 g/mol. The maximum atomic E-state index is 13.1. The summed E-state index contributed by atoms with van der Waals surface area (Å²) < 4.78 is 0. The van der Waals surface area contributed by atoms with E-state index in [9.17, 15) is 14.4 Å². The average Bonchev–Trinajstić information content (AvgIpc) is 3.03. The van der Waals surface area contributed by atoms with Crippen LogP contribution in [0.2, 0.25) is 0 Å². The fraction of sp³-hybridized carbons (Fsp3) is 0.368. The van der Waals surface area contributed by atoms with Gasteiger partial charge in [-0.25, -0.2) is 0 Å². The molecule has 0 bridgehead atoms. The molecule has 1 atom stereocenters. The zero-order valence-corrected chi connectivity index (χ0v) is 14.9. The first-order valence-corrected chi connectivity index (χ1v) is 8.63. The van der Waals surface area contributed by atoms with E-state index in [0.717, 1.165) is 17.0 Å². The van der Waals surface area contributed by atoms with E-state index in [4.69, 9.17) is 0 Å². The Morgan fingerprint density at radius 2 is 2.12 bits per heavy atom. The lowest BCUT2D eigenvalue weighted by molar-refractivity contribution is -0.119. The average molecular weight is 354 g/mol. The number of nitrogens with one attached hydrogen (secondary N) is 2. The summed E-state index contributed by atoms with van der Waals surface area (Å²) in [7, 11) is 0. The van der Waals surface area contributed by atoms with E-state index in [1.54, 1.807) is 30.2 Å². The fourth-order valence-corrected chi connectivity index (χ4v) is 3.04. The van der Waals surface area contributed by atoms with Gasteiger partial charge in [-0.15, -0.1) is 0 Å². The quantitative estimate of drug-likeness (QED) is 0.846. The molecule has 3 heterocycles. The van der Waals surface area contributed by atoms with E-state index < -0.39 is 5.56 Å². The lowest BCUT2D eigenvalue weighted by Gasteiger charge is -2.25. The number of carbonyl (C=O) groups excluding carboxylic acids is 2. The number of aromatic nitrogens is 2. The molecule has 7 nitrogen and oxygen atoms in total. The van der Waals surface area contributed by atoms with Crippen LogP contribution in [0, 0.1) is 13.8 Å². The smallest absolute Gasteiger partial charge is 0.261 e. The molecule has 0 spiro atoms. The molecule has 136 valence electrons. The van der Waals surface area contributed by atoms with Gasteiger partial charge in [-0.3, -0.25) is 19.4 Å². The Balaban J connectivity index is 1.88. The van der Waals surface area contributed by atoms with Gasteiger partial charge in [0.25, 0.3) is 11.5 Å². The van der Waals surface area contributed by atoms with Crippen molar-refractivity contribution in [3.8, 4) is 0 Å². The van der Waals surface area contributed by atoms with E-state index >= 15 is 0 Å². The van der Waals surface area contributed by atoms with Crippen molar-refractivity contribution < 1.29 is 9.59 Å². The third kappa shape index (κ3) is 3.99. The molecule has 2 N–H and O–H groups in total. The number of aryl methyl sites for hydroxylation is 2. The second-order valence-electron chi connectivity index (χ2n) is 6.63. The fourth-order valence-electron chi connectivity index (χ4n) is 3.04. The highest BCUT2D eigenvalue weighted by Gasteiger charge is 2.27. The molecule has 0 aliphatic carbocycles. The predicted molar refractivity (Wildman–Crippen MR) is 96.7 cm³/mol. The van der Waals surface area contributed by atoms with Crippen molar-refractivity contribution in [2.45, 2.75) is 39.3 Å². The molecule has 3 rings (SSSR count). The zero-order valence-electron chi connectivity index (χ0n) is 14.9. The van der Waals surface area contributed by atoms with Gasteiger partial charge in [0.05, 0.1) is 12.2 Å². The molecule has 0 aromatic carbocycles. The van der Waals surface area contributed by atoms with Crippen LogP contribution in [-0.4, -0.2) is 39.3 Å². The summed E-state index contributed by atoms with van der Waals surface area (Å²) in [4.78, 5) is 45.4. The predicted octanol–water partition coefficient (Wildman–Crippen LogP) is 1.31. The van der Waals surface area contributed by atoms with E-state index in [-0.39, 0.29) is 30.0 Å². The highest BCUT2D eigenvalue weighted by Crippen LogP contribution is 2.14. The van der Waals surface area contributed by atoms with Crippen molar-refractivity contribution in [2.75, 3.05) is 6.54 Å². The normalized spacial score (nSPS) is 16.4. The number of H-pyrrole nitrogens is 1. The third-order valence-electron chi connectivity index (χ3n) is 4.62. The molecule has 1 aliphatic heterocycles. The summed E-state index contributed by atoms with van der Waals surface area (Å²) in [5.74, 6) is -0.370. The summed E-state index contributed by atoms with van der Waals surface area (Å²) in [6, 6.07) is 7.00. The maximum absolute atomic E-state index is 13.1. The van der Waals surface area contributed by atoms with Crippen LogP contribution < -0.4 is 10.9 Å². The molecule has 1 aliphatic rings. The van der Waals surface area contributed by atoms with Gasteiger partial charge >= 0.3 is 0 Å². The van der Waals surface area contributed by atoms with Gasteiger partial charge in [-0.2, -0.15) is 0 Å². The van der Waals surface area contributed by atoms with Crippen LogP contribution in [0.25, 0.3) is 0 Å². The van der Waals surface area contributed by atoms with Crippen molar-refractivity contribution >= 4 is 11.8 Å². The van der Waals surface area contributed by atoms with Crippen LogP contribution in [0.5, 0.6) is 0 Å². The first kappa shape index (κ1) is 17.8. The van der Waals surface area contributed by atoms with Gasteiger partial charge in [0.2, 0.25) is 5.91 Å². The van der Waals surface area contributed by atoms with E-state index in [0.29, 0.717) is 19.4 Å². The minimum atomic E-state index is -0.403. The Kier molecular flexibility index (Phi) is 5.16. The molecule has 1 fully saturated rings. The van der Waals surface area contributed by atoms with E-state index in [2.05, 4.69) is 15.3 Å². The monoisotopic (exact) mass is 354 g/mol. The van der Waals surface area contributed by atoms with E-state index in [1.165, 1.54) is 0 Å². The SMILES string of the molecule is Cc1cc(C(=O)N(Cc2ccccn2)C[C@@H]2CCC(=O)N2)c(=O)[nH]c1C. The molecule has 0 saturated carbocycles. The molecule has 0 radical (unpaired) electrons. The Bertz CT molecular complexity index is 876. The van der Waals surface area contributed by atoms with Crippen LogP contribution in [-0.2, 0) is 11.3 Å². The molecule has 2 aromatic rings. The summed E-state index contributed by atoms with van der Waals surface area (Å²) in [5.41, 5.74) is 2.02. The number of hydrogen-bond acceptors (Lipinski definition) is 4. The van der Waals surface area contributed by atoms with Crippen LogP contribution in [0.1, 0.15) is 40.2 Å². The largest absolute Gasteiger partial charge is 0.352 e. The Morgan fingerprint density at radius 1 is 1.31 bits per heavy atom. The van der Waals surface area contributed by atoms with Crippen molar-refractivity contribution in [2.24, 2.45) is 0 Å². The molecule has 7 heteroatoms. The molecule has 26 heavy (non-hydrogen) atoms. The van der Waals surface area contributed by atoms with Crippen molar-refractivity contribution in [3.05, 3.63) is 63.3 Å². The Morgan fingerprint density at radius 3 is 2.77 bits per heavy atom. The van der Waals surface area contributed by atoms with Gasteiger partial charge in [0, 0.05) is 30.9 Å². The van der Waals surface area contributed by atoms with Crippen LogP contribution in [0.3, 0.4) is 0 Å². The summed E-state index contributed by atoms with van der Waals surface area (Å²) in [6.45, 7) is 4.26. The number of nitrogens with zero attached hydrogens (tertiary/aromatic N) is 2. The summed E-state index contributed by atoms with van der Waals surface area (Å²) >= 11 is 0. The van der Waals surface area contributed by atoms with Crippen LogP contribution >= 0.6 is 0 Å². The standard InChI is InChI=1S/C19H22N4O3/c1-12-9-16(18(25)21-13(12)2)19(26)23(10-14-5-3-4-8-20-14)11-15-6-7-17(24)22-15/h3-5,8-9,15H,6-7,10-11H2,1-2H3,(H,21,25)(H,22,24)/t15-/m0/s1. The number of carbonyl (C=O) groups is 2. The summed E-state index contributed by atoms with van der Waals surface area (Å²) in [6.07, 6.45) is 2.80. The molecule has 2 aromatic heterocycles. The number of aromatic amines is 1. The number of amides is 2. The minimum absolute atomic E-state index is 0.00994. The number of pyridine rings is 2. The first-order valence-electron chi connectivity index (χ1n) is 8.63. The highest BCUT2D eigenvalue weighted by atomic mass is 16.2. The highest BCUT2D eigenvalue weighted by molar-refractivity contribution is 5.94. The van der Waals surface area contributed by atoms with Gasteiger partial charge in [0.15, 0.2) is 0 Å². The van der Waals surface area contributed by atoms with Gasteiger partial charge in [-0.1, -0.05) is 6.07 Å². The van der Waals surface area contributed by atoms with Gasteiger partial charge in [-0.05, 0) is 44.0 Å². The van der Waals surface area contributed by atoms with Crippen LogP contribution in [0.4, 0.5) is 0 Å². The van der Waals surface area contributed by atoms with Gasteiger partial charge in [0.1, 0.15) is 5.56 Å². The van der Waals surface area contributed by atoms with Crippen molar-refractivity contribution in [3.63, 3.8) is 0 Å². The van der Waals surface area contributed by atoms with Crippen molar-refractivity contribution in [1.82, 2.24) is 20.2 Å². The van der Waals surface area contributed by atoms with E-state index in [1.807, 2.05) is 19.1 Å². The topological polar surface area (TPSA) is 95.2 Å². The van der Waals surface area contributed by atoms with Gasteiger partial charge < -0.3 is 15.2 Å². The molecule has 2 amide bonds. The lowest BCUT2D eigenvalue weighted by atomic mass is 10.1. The Labute approximate surface area is 151 Å². The molecule has 0 unspecified atom stereocenters.